The molecule has 4 aromatic rings. The van der Waals surface area contributed by atoms with E-state index in [9.17, 15) is 4.79 Å². The fourth-order valence-electron chi connectivity index (χ4n) is 4.28. The molecule has 0 aliphatic carbocycles. The lowest BCUT2D eigenvalue weighted by Crippen LogP contribution is -2.31. The van der Waals surface area contributed by atoms with Gasteiger partial charge in [-0.3, -0.25) is 14.2 Å². The van der Waals surface area contributed by atoms with Gasteiger partial charge in [-0.15, -0.1) is 0 Å². The van der Waals surface area contributed by atoms with Crippen molar-refractivity contribution in [2.45, 2.75) is 39.8 Å². The van der Waals surface area contributed by atoms with E-state index < -0.39 is 0 Å². The van der Waals surface area contributed by atoms with Crippen LogP contribution in [0.3, 0.4) is 0 Å². The lowest BCUT2D eigenvalue weighted by atomic mass is 10.2. The van der Waals surface area contributed by atoms with Gasteiger partial charge in [-0.1, -0.05) is 0 Å². The van der Waals surface area contributed by atoms with Crippen molar-refractivity contribution in [3.05, 3.63) is 35.7 Å². The van der Waals surface area contributed by atoms with E-state index in [1.807, 2.05) is 49.5 Å². The van der Waals surface area contributed by atoms with Crippen molar-refractivity contribution in [1.82, 2.24) is 44.0 Å². The zero-order valence-corrected chi connectivity index (χ0v) is 19.5. The highest BCUT2D eigenvalue weighted by Crippen LogP contribution is 2.30. The number of amides is 1. The Labute approximate surface area is 191 Å². The van der Waals surface area contributed by atoms with E-state index in [1.165, 1.54) is 6.33 Å². The highest BCUT2D eigenvalue weighted by atomic mass is 16.5. The van der Waals surface area contributed by atoms with Gasteiger partial charge in [-0.2, -0.15) is 15.2 Å². The first-order valence-corrected chi connectivity index (χ1v) is 11.0. The first-order valence-electron chi connectivity index (χ1n) is 11.0. The van der Waals surface area contributed by atoms with Crippen LogP contribution in [0, 0.1) is 13.8 Å². The fraction of sp³-hybridized carbons (Fsp3) is 0.455. The van der Waals surface area contributed by atoms with Crippen molar-refractivity contribution >= 4 is 17.1 Å². The number of aromatic nitrogens is 8. The van der Waals surface area contributed by atoms with Crippen LogP contribution in [-0.2, 0) is 20.6 Å². The Morgan fingerprint density at radius 3 is 2.76 bits per heavy atom. The number of fused-ring (bicyclic) bond motifs is 1. The molecule has 1 aliphatic rings. The molecule has 5 heterocycles. The zero-order valence-electron chi connectivity index (χ0n) is 19.5. The predicted octanol–water partition coefficient (Wildman–Crippen LogP) is 1.89. The Morgan fingerprint density at radius 1 is 1.24 bits per heavy atom. The molecule has 1 amide bonds. The lowest BCUT2D eigenvalue weighted by Gasteiger charge is -2.15. The monoisotopic (exact) mass is 449 g/mol. The van der Waals surface area contributed by atoms with Crippen LogP contribution in [0.1, 0.15) is 35.2 Å². The third-order valence-corrected chi connectivity index (χ3v) is 6.31. The Morgan fingerprint density at radius 2 is 2.06 bits per heavy atom. The van der Waals surface area contributed by atoms with Crippen LogP contribution in [0.25, 0.3) is 22.6 Å². The summed E-state index contributed by atoms with van der Waals surface area (Å²) in [5.41, 5.74) is 4.68. The maximum absolute atomic E-state index is 12.8. The molecule has 4 aromatic heterocycles. The second-order valence-corrected chi connectivity index (χ2v) is 8.38. The summed E-state index contributed by atoms with van der Waals surface area (Å²) in [6, 6.07) is 1.81. The normalized spacial score (nSPS) is 16.2. The highest BCUT2D eigenvalue weighted by Gasteiger charge is 2.31. The van der Waals surface area contributed by atoms with Gasteiger partial charge in [0, 0.05) is 45.0 Å². The molecular weight excluding hydrogens is 422 g/mol. The van der Waals surface area contributed by atoms with Gasteiger partial charge >= 0.3 is 0 Å². The topological polar surface area (TPSA) is 109 Å². The Bertz CT molecular complexity index is 1330. The van der Waals surface area contributed by atoms with Gasteiger partial charge in [0.15, 0.2) is 16.9 Å². The third-order valence-electron chi connectivity index (χ3n) is 6.31. The Hall–Kier alpha value is -3.76. The molecule has 0 aromatic carbocycles. The average molecular weight is 450 g/mol. The van der Waals surface area contributed by atoms with Crippen LogP contribution in [0.5, 0.6) is 5.88 Å². The summed E-state index contributed by atoms with van der Waals surface area (Å²) in [7, 11) is 3.76. The van der Waals surface area contributed by atoms with Crippen molar-refractivity contribution < 1.29 is 9.53 Å². The van der Waals surface area contributed by atoms with Gasteiger partial charge in [-0.25, -0.2) is 9.97 Å². The minimum atomic E-state index is -0.174. The smallest absolute Gasteiger partial charge is 0.274 e. The highest BCUT2D eigenvalue weighted by molar-refractivity contribution is 5.92. The molecule has 1 fully saturated rings. The van der Waals surface area contributed by atoms with Gasteiger partial charge in [0.2, 0.25) is 5.88 Å². The maximum atomic E-state index is 12.8. The largest absolute Gasteiger partial charge is 0.471 e. The van der Waals surface area contributed by atoms with Crippen LogP contribution < -0.4 is 4.74 Å². The minimum absolute atomic E-state index is 0.0823. The number of hydrogen-bond acceptors (Lipinski definition) is 7. The summed E-state index contributed by atoms with van der Waals surface area (Å²) in [5, 5.41) is 8.74. The molecule has 1 aliphatic heterocycles. The summed E-state index contributed by atoms with van der Waals surface area (Å²) in [5.74, 6) is 1.11. The van der Waals surface area contributed by atoms with Crippen LogP contribution in [-0.4, -0.2) is 69.1 Å². The van der Waals surface area contributed by atoms with Crippen molar-refractivity contribution in [2.24, 2.45) is 14.1 Å². The van der Waals surface area contributed by atoms with Crippen LogP contribution in [0.15, 0.2) is 18.6 Å². The molecule has 0 spiro atoms. The SMILES string of the molecule is CCn1ncc(-c2nc3c(O[C@H]4CCN(C(=O)c5cc(C)n(C)n5)C4)ncnc3n2C)c1C. The van der Waals surface area contributed by atoms with Crippen molar-refractivity contribution in [3.8, 4) is 17.3 Å². The molecule has 11 nitrogen and oxygen atoms in total. The number of carbonyl (C=O) groups is 1. The number of ether oxygens (including phenoxy) is 1. The average Bonchev–Trinajstić information content (AvgIpc) is 3.56. The summed E-state index contributed by atoms with van der Waals surface area (Å²) in [4.78, 5) is 28.2. The van der Waals surface area contributed by atoms with Gasteiger partial charge in [0.05, 0.1) is 18.3 Å². The summed E-state index contributed by atoms with van der Waals surface area (Å²) < 4.78 is 11.8. The van der Waals surface area contributed by atoms with E-state index >= 15 is 0 Å². The first kappa shape index (κ1) is 21.1. The van der Waals surface area contributed by atoms with E-state index in [-0.39, 0.29) is 12.0 Å². The Kier molecular flexibility index (Phi) is 5.10. The third kappa shape index (κ3) is 3.53. The summed E-state index contributed by atoms with van der Waals surface area (Å²) >= 11 is 0. The van der Waals surface area contributed by atoms with Crippen LogP contribution in [0.2, 0.25) is 0 Å². The van der Waals surface area contributed by atoms with Crippen molar-refractivity contribution in [2.75, 3.05) is 13.1 Å². The number of hydrogen-bond donors (Lipinski definition) is 0. The van der Waals surface area contributed by atoms with E-state index in [0.717, 1.165) is 29.3 Å². The minimum Gasteiger partial charge on any atom is -0.471 e. The van der Waals surface area contributed by atoms with Gasteiger partial charge in [0.25, 0.3) is 5.91 Å². The molecule has 0 radical (unpaired) electrons. The van der Waals surface area contributed by atoms with E-state index in [4.69, 9.17) is 9.72 Å². The predicted molar refractivity (Wildman–Crippen MR) is 121 cm³/mol. The molecule has 0 N–H and O–H groups in total. The second-order valence-electron chi connectivity index (χ2n) is 8.38. The van der Waals surface area contributed by atoms with Gasteiger partial charge in [0.1, 0.15) is 18.3 Å². The maximum Gasteiger partial charge on any atom is 0.274 e. The molecule has 1 saturated heterocycles. The molecule has 1 atom stereocenters. The standard InChI is InChI=1S/C22H27N9O2/c1-6-31-14(3)16(10-25-31)19-26-18-20(28(19)4)23-12-24-21(18)33-15-7-8-30(11-15)22(32)17-9-13(2)29(5)27-17/h9-10,12,15H,6-8,11H2,1-5H3/t15-/m0/s1. The van der Waals surface area contributed by atoms with Gasteiger partial charge in [-0.05, 0) is 26.8 Å². The number of carbonyl (C=O) groups excluding carboxylic acids is 1. The first-order chi connectivity index (χ1) is 15.9. The fourth-order valence-corrected chi connectivity index (χ4v) is 4.28. The van der Waals surface area contributed by atoms with Crippen LogP contribution >= 0.6 is 0 Å². The Balaban J connectivity index is 1.38. The summed E-state index contributed by atoms with van der Waals surface area (Å²) in [6.45, 7) is 7.88. The van der Waals surface area contributed by atoms with Crippen molar-refractivity contribution in [1.29, 1.82) is 0 Å². The van der Waals surface area contributed by atoms with E-state index in [2.05, 4.69) is 27.1 Å². The number of aryl methyl sites for hydroxylation is 4. The molecule has 5 rings (SSSR count). The molecule has 0 bridgehead atoms. The second kappa shape index (κ2) is 7.98. The number of imidazole rings is 1. The molecule has 0 saturated carbocycles. The lowest BCUT2D eigenvalue weighted by molar-refractivity contribution is 0.0765. The summed E-state index contributed by atoms with van der Waals surface area (Å²) in [6.07, 6.45) is 3.85. The molecule has 11 heteroatoms. The number of rotatable bonds is 5. The van der Waals surface area contributed by atoms with E-state index in [1.54, 1.807) is 9.58 Å². The molecule has 0 unspecified atom stereocenters. The van der Waals surface area contributed by atoms with Crippen molar-refractivity contribution in [3.63, 3.8) is 0 Å². The molecule has 172 valence electrons. The molecular formula is C22H27N9O2. The van der Waals surface area contributed by atoms with E-state index in [0.29, 0.717) is 42.2 Å². The van der Waals surface area contributed by atoms with Crippen LogP contribution in [0.4, 0.5) is 0 Å². The number of nitrogens with zero attached hydrogens (tertiary/aromatic N) is 9. The van der Waals surface area contributed by atoms with Gasteiger partial charge < -0.3 is 14.2 Å². The number of likely N-dealkylation sites (tertiary alicyclic amines) is 1. The quantitative estimate of drug-likeness (QED) is 0.458. The molecule has 33 heavy (non-hydrogen) atoms. The zero-order chi connectivity index (χ0) is 23.3.